The molecule has 0 unspecified atom stereocenters. The Morgan fingerprint density at radius 3 is 1.37 bits per heavy atom. The molecule has 0 bridgehead atoms. The second kappa shape index (κ2) is 53.0. The number of fused-ring (bicyclic) bond motifs is 1. The summed E-state index contributed by atoms with van der Waals surface area (Å²) in [6.45, 7) is 8.29. The van der Waals surface area contributed by atoms with Gasteiger partial charge in [0.25, 0.3) is 0 Å². The summed E-state index contributed by atoms with van der Waals surface area (Å²) < 4.78 is 0. The maximum Gasteiger partial charge on any atom is 0.326 e. The van der Waals surface area contributed by atoms with Crippen molar-refractivity contribution in [1.82, 2.24) is 95.4 Å². The minimum atomic E-state index is -2.09. The second-order valence-electron chi connectivity index (χ2n) is 30.4. The van der Waals surface area contributed by atoms with Crippen molar-refractivity contribution < 1.29 is 122 Å². The number of aromatic nitrogens is 1. The smallest absolute Gasteiger partial charge is 0.326 e. The van der Waals surface area contributed by atoms with Gasteiger partial charge in [-0.25, -0.2) is 4.79 Å². The van der Waals surface area contributed by atoms with Gasteiger partial charge >= 0.3 is 23.9 Å². The summed E-state index contributed by atoms with van der Waals surface area (Å²) in [7, 11) is 0. The van der Waals surface area contributed by atoms with Crippen LogP contribution < -0.4 is 108 Å². The minimum Gasteiger partial charge on any atom is -0.481 e. The van der Waals surface area contributed by atoms with Gasteiger partial charge in [-0.3, -0.25) is 97.1 Å². The van der Waals surface area contributed by atoms with Crippen LogP contribution in [-0.2, 0) is 97.5 Å². The summed E-state index contributed by atoms with van der Waals surface area (Å²) in [5, 5.41) is 117. The van der Waals surface area contributed by atoms with E-state index in [4.69, 9.17) is 28.0 Å². The van der Waals surface area contributed by atoms with Crippen LogP contribution in [0.5, 0.6) is 0 Å². The number of aliphatic carboxylic acids is 4. The van der Waals surface area contributed by atoms with E-state index in [1.165, 1.54) is 6.20 Å². The fraction of sp³-hybridized carbons (Fsp3) is 0.613. The van der Waals surface area contributed by atoms with E-state index in [0.717, 1.165) is 6.92 Å². The number of nitrogens with two attached hydrogens (primary N) is 3. The molecule has 0 saturated carbocycles. The molecule has 15 amide bonds. The molecule has 48 heteroatoms. The fourth-order valence-corrected chi connectivity index (χ4v) is 12.5. The van der Waals surface area contributed by atoms with Crippen LogP contribution >= 0.6 is 0 Å². The predicted molar refractivity (Wildman–Crippen MR) is 435 cm³/mol. The molecule has 2 heterocycles. The first-order valence-corrected chi connectivity index (χ1v) is 39.9. The molecule has 1 aromatic carbocycles. The zero-order chi connectivity index (χ0) is 92.5. The van der Waals surface area contributed by atoms with Gasteiger partial charge in [0.1, 0.15) is 72.5 Å². The molecular weight excluding hydrogens is 1620 g/mol. The second-order valence-corrected chi connectivity index (χ2v) is 30.4. The Balaban J connectivity index is 1.89. The molecule has 1 aromatic heterocycles. The molecule has 123 heavy (non-hydrogen) atoms. The summed E-state index contributed by atoms with van der Waals surface area (Å²) in [5.74, 6) is -25.3. The number of amides is 15. The molecule has 2 aromatic rings. The predicted octanol–water partition coefficient (Wildman–Crippen LogP) is -8.29. The minimum absolute atomic E-state index is 0.0247. The molecule has 32 N–H and O–H groups in total. The molecular formula is C75H119N23O25. The van der Waals surface area contributed by atoms with E-state index in [9.17, 15) is 122 Å². The molecule has 0 radical (unpaired) electrons. The van der Waals surface area contributed by atoms with Crippen molar-refractivity contribution in [3.05, 3.63) is 36.0 Å². The Bertz CT molecular complexity index is 4060. The third-order valence-electron chi connectivity index (χ3n) is 19.2. The number of hydrogen-bond donors (Lipinski definition) is 29. The number of carboxylic acid groups (broad SMARTS) is 4. The first kappa shape index (κ1) is 104. The van der Waals surface area contributed by atoms with Gasteiger partial charge < -0.3 is 143 Å². The average molecular weight is 1740 g/mol. The Morgan fingerprint density at radius 1 is 0.472 bits per heavy atom. The number of primary amides is 1. The standard InChI is InChI=1S/C75H119N23O25/c1-8-37(6)59(97-70(119)52(34-99)96-63(112)42-16-11-23-81-42)71(120)98-60(38(7)100)72(121)94-48(28-39-31-84-41-15-10-9-14-40(39)41)68(117)89-43(17-12-24-82-74(77)78)61(110)85-33-55(103)88-49(29-57(106)107)62(111)86-32-54(102)87-44(18-13-25-83-75(79)80)64(113)93-50(30-58(108)109)69(118)92-47(26-35(2)3)67(116)91-45(19-21-53(76)101)65(114)90-46(20-22-56(104)105)66(115)95-51(73(122)123)27-36(4)5/h9-10,14-15,31,35-38,42-52,59-60,81,84,99-100H,8,11-13,16-30,32-34H2,1-7H3,(H2,76,101)(H,85,110)(H,86,111)(H,87,102)(H,88,103)(H,89,117)(H,90,114)(H,91,116)(H,92,118)(H,93,113)(H,94,121)(H,95,115)(H,96,112)(H,97,119)(H,98,120)(H,104,105)(H,106,107)(H,108,109)(H,122,123)(H4,77,78,82)(H4,79,80,83)/t37-,38+,42-,43-,44-,45-,46-,47-,48-,49-,50-,51-,52-,59-,60-/m0/s1. The Kier molecular flexibility index (Phi) is 44.9. The van der Waals surface area contributed by atoms with Gasteiger partial charge in [-0.2, -0.15) is 0 Å². The lowest BCUT2D eigenvalue weighted by molar-refractivity contribution is -0.143. The molecule has 684 valence electrons. The Hall–Kier alpha value is -12.9. The van der Waals surface area contributed by atoms with E-state index in [2.05, 4.69) is 95.4 Å². The quantitative estimate of drug-likeness (QED) is 0.0166. The monoisotopic (exact) mass is 1740 g/mol. The van der Waals surface area contributed by atoms with Gasteiger partial charge in [0, 0.05) is 49.5 Å². The van der Waals surface area contributed by atoms with Crippen molar-refractivity contribution in [3.8, 4) is 0 Å². The van der Waals surface area contributed by atoms with Gasteiger partial charge in [-0.05, 0) is 107 Å². The highest BCUT2D eigenvalue weighted by molar-refractivity contribution is 6.01. The number of guanidine groups is 2. The number of aliphatic hydroxyl groups excluding tert-OH is 2. The van der Waals surface area contributed by atoms with Crippen molar-refractivity contribution >= 4 is 135 Å². The molecule has 1 saturated heterocycles. The van der Waals surface area contributed by atoms with Crippen molar-refractivity contribution in [2.24, 2.45) is 35.0 Å². The van der Waals surface area contributed by atoms with Crippen molar-refractivity contribution in [2.75, 3.05) is 39.3 Å². The van der Waals surface area contributed by atoms with Crippen LogP contribution in [0.2, 0.25) is 0 Å². The zero-order valence-corrected chi connectivity index (χ0v) is 69.4. The molecule has 48 nitrogen and oxygen atoms in total. The topological polar surface area (TPSA) is 792 Å². The van der Waals surface area contributed by atoms with Crippen LogP contribution in [-0.4, -0.2) is 284 Å². The SMILES string of the molecule is CC[C@H](C)[C@H](NC(=O)[C@H](CO)NC(=O)[C@@H]1CCCN1)C(=O)N[C@H](C(=O)N[C@@H](Cc1c[nH]c2ccccc12)C(=O)N[C@@H](CCCNC(=N)N)C(=O)NCC(=O)N[C@@H](CC(=O)O)C(=O)NCC(=O)N[C@@H](CCCNC(=N)N)C(=O)N[C@@H](CC(=O)O)C(=O)N[C@@H](CC(C)C)C(=O)N[C@@H](CCC(N)=O)C(=O)N[C@@H](CCC(=O)O)C(=O)N[C@@H](CC(C)C)C(=O)O)[C@@H](C)O. The average Bonchev–Trinajstić information content (AvgIpc) is 1.71. The van der Waals surface area contributed by atoms with Crippen LogP contribution in [0.15, 0.2) is 30.5 Å². The Labute approximate surface area is 706 Å². The largest absolute Gasteiger partial charge is 0.481 e. The number of carboxylic acids is 4. The first-order valence-electron chi connectivity index (χ1n) is 39.9. The molecule has 0 aliphatic carbocycles. The highest BCUT2D eigenvalue weighted by Crippen LogP contribution is 2.21. The molecule has 0 spiro atoms. The van der Waals surface area contributed by atoms with Crippen LogP contribution in [0.1, 0.15) is 150 Å². The number of hydrogen-bond acceptors (Lipinski definition) is 24. The third-order valence-corrected chi connectivity index (χ3v) is 19.2. The van der Waals surface area contributed by atoms with Gasteiger partial charge in [0.05, 0.1) is 44.7 Å². The molecule has 3 rings (SSSR count). The third kappa shape index (κ3) is 38.6. The normalized spacial score (nSPS) is 15.7. The van der Waals surface area contributed by atoms with E-state index in [0.29, 0.717) is 35.9 Å². The van der Waals surface area contributed by atoms with Gasteiger partial charge in [0.15, 0.2) is 11.9 Å². The fourth-order valence-electron chi connectivity index (χ4n) is 12.5. The van der Waals surface area contributed by atoms with Gasteiger partial charge in [-0.15, -0.1) is 0 Å². The number of aliphatic hydroxyl groups is 2. The summed E-state index contributed by atoms with van der Waals surface area (Å²) >= 11 is 0. The van der Waals surface area contributed by atoms with Crippen molar-refractivity contribution in [3.63, 3.8) is 0 Å². The number of aromatic amines is 1. The number of H-pyrrole nitrogens is 1. The molecule has 15 atom stereocenters. The lowest BCUT2D eigenvalue weighted by atomic mass is 9.97. The zero-order valence-electron chi connectivity index (χ0n) is 69.4. The van der Waals surface area contributed by atoms with E-state index in [-0.39, 0.29) is 64.0 Å². The number of carbonyl (C=O) groups excluding carboxylic acids is 15. The lowest BCUT2D eigenvalue weighted by Crippen LogP contribution is -2.63. The van der Waals surface area contributed by atoms with Crippen LogP contribution in [0.3, 0.4) is 0 Å². The first-order chi connectivity index (χ1) is 57.8. The highest BCUT2D eigenvalue weighted by atomic mass is 16.4. The summed E-state index contributed by atoms with van der Waals surface area (Å²) in [6, 6.07) is -14.4. The maximum atomic E-state index is 14.7. The number of rotatable bonds is 57. The number of nitrogens with one attached hydrogen (secondary N) is 20. The van der Waals surface area contributed by atoms with E-state index in [1.807, 2.05) is 0 Å². The van der Waals surface area contributed by atoms with Crippen LogP contribution in [0, 0.1) is 28.6 Å². The number of carbonyl (C=O) groups is 19. The van der Waals surface area contributed by atoms with Crippen molar-refractivity contribution in [1.29, 1.82) is 10.8 Å². The van der Waals surface area contributed by atoms with E-state index >= 15 is 0 Å². The van der Waals surface area contributed by atoms with Crippen LogP contribution in [0.4, 0.5) is 0 Å². The van der Waals surface area contributed by atoms with Gasteiger partial charge in [-0.1, -0.05) is 66.2 Å². The summed E-state index contributed by atoms with van der Waals surface area (Å²) in [5.41, 5.74) is 17.3. The van der Waals surface area contributed by atoms with Gasteiger partial charge in [0.2, 0.25) is 88.6 Å². The Morgan fingerprint density at radius 2 is 0.894 bits per heavy atom. The molecule has 1 fully saturated rings. The maximum absolute atomic E-state index is 14.7. The van der Waals surface area contributed by atoms with Crippen LogP contribution in [0.25, 0.3) is 10.9 Å². The van der Waals surface area contributed by atoms with E-state index in [1.54, 1.807) is 65.8 Å². The molecule has 1 aliphatic rings. The lowest BCUT2D eigenvalue weighted by Gasteiger charge is -2.30. The number of benzene rings is 1. The summed E-state index contributed by atoms with van der Waals surface area (Å²) in [6.07, 6.45) is -5.06. The van der Waals surface area contributed by atoms with Crippen molar-refractivity contribution in [2.45, 2.75) is 236 Å². The summed E-state index contributed by atoms with van der Waals surface area (Å²) in [4.78, 5) is 258. The van der Waals surface area contributed by atoms with E-state index < -0.39 is 286 Å². The molecule has 1 aliphatic heterocycles. The highest BCUT2D eigenvalue weighted by Gasteiger charge is 2.40. The number of para-hydroxylation sites is 1.